The van der Waals surface area contributed by atoms with Crippen LogP contribution in [-0.2, 0) is 11.3 Å². The van der Waals surface area contributed by atoms with Crippen LogP contribution in [0.25, 0.3) is 11.0 Å². The highest BCUT2D eigenvalue weighted by molar-refractivity contribution is 6.48. The maximum absolute atomic E-state index is 12.2. The van der Waals surface area contributed by atoms with Gasteiger partial charge in [0, 0.05) is 29.3 Å². The number of aromatic hydroxyl groups is 1. The second-order valence-corrected chi connectivity index (χ2v) is 6.09. The van der Waals surface area contributed by atoms with E-state index in [1.165, 1.54) is 24.4 Å². The SMILES string of the molecule is O=C(OCc1cc(=O)oc2cc(O)ccc12)c1ncc(Cl)c(Cl)c1Cl. The van der Waals surface area contributed by atoms with E-state index in [9.17, 15) is 14.7 Å². The van der Waals surface area contributed by atoms with Crippen molar-refractivity contribution in [2.75, 3.05) is 0 Å². The summed E-state index contributed by atoms with van der Waals surface area (Å²) in [6, 6.07) is 5.45. The first-order chi connectivity index (χ1) is 11.9. The zero-order chi connectivity index (χ0) is 18.1. The molecule has 0 amide bonds. The number of phenolic OH excluding ortho intramolecular Hbond substituents is 1. The van der Waals surface area contributed by atoms with Gasteiger partial charge in [-0.15, -0.1) is 0 Å². The molecule has 128 valence electrons. The van der Waals surface area contributed by atoms with Gasteiger partial charge >= 0.3 is 11.6 Å². The van der Waals surface area contributed by atoms with Crippen molar-refractivity contribution >= 4 is 51.7 Å². The van der Waals surface area contributed by atoms with Gasteiger partial charge < -0.3 is 14.3 Å². The van der Waals surface area contributed by atoms with Crippen molar-refractivity contribution in [3.05, 3.63) is 67.2 Å². The van der Waals surface area contributed by atoms with E-state index >= 15 is 0 Å². The molecule has 3 aromatic rings. The van der Waals surface area contributed by atoms with Crippen LogP contribution >= 0.6 is 34.8 Å². The standard InChI is InChI=1S/C16H8Cl3NO5/c17-10-5-20-15(14(19)13(10)18)16(23)24-6-7-3-12(22)25-11-4-8(21)1-2-9(7)11/h1-5,21H,6H2. The molecular weight excluding hydrogens is 393 g/mol. The normalized spacial score (nSPS) is 10.8. The van der Waals surface area contributed by atoms with Crippen molar-refractivity contribution < 1.29 is 19.1 Å². The molecule has 0 saturated heterocycles. The number of halogens is 3. The minimum Gasteiger partial charge on any atom is -0.508 e. The highest BCUT2D eigenvalue weighted by atomic mass is 35.5. The Hall–Kier alpha value is -2.28. The molecule has 0 bridgehead atoms. The van der Waals surface area contributed by atoms with Crippen LogP contribution in [0, 0.1) is 0 Å². The van der Waals surface area contributed by atoms with Gasteiger partial charge in [0.25, 0.3) is 0 Å². The summed E-state index contributed by atoms with van der Waals surface area (Å²) in [6.07, 6.45) is 1.18. The maximum atomic E-state index is 12.2. The molecule has 3 rings (SSSR count). The van der Waals surface area contributed by atoms with Crippen molar-refractivity contribution in [1.29, 1.82) is 0 Å². The number of benzene rings is 1. The number of aromatic nitrogens is 1. The summed E-state index contributed by atoms with van der Waals surface area (Å²) < 4.78 is 10.2. The number of esters is 1. The number of hydrogen-bond donors (Lipinski definition) is 1. The summed E-state index contributed by atoms with van der Waals surface area (Å²) in [4.78, 5) is 27.6. The van der Waals surface area contributed by atoms with Gasteiger partial charge in [-0.05, 0) is 12.1 Å². The van der Waals surface area contributed by atoms with E-state index in [0.717, 1.165) is 0 Å². The molecule has 0 unspecified atom stereocenters. The number of nitrogens with zero attached hydrogens (tertiary/aromatic N) is 1. The fraction of sp³-hybridized carbons (Fsp3) is 0.0625. The molecule has 0 aliphatic rings. The van der Waals surface area contributed by atoms with Gasteiger partial charge in [-0.3, -0.25) is 0 Å². The lowest BCUT2D eigenvalue weighted by molar-refractivity contribution is 0.0467. The van der Waals surface area contributed by atoms with Gasteiger partial charge in [-0.25, -0.2) is 14.6 Å². The number of carbonyl (C=O) groups excluding carboxylic acids is 1. The maximum Gasteiger partial charge on any atom is 0.358 e. The quantitative estimate of drug-likeness (QED) is 0.523. The fourth-order valence-corrected chi connectivity index (χ4v) is 2.69. The zero-order valence-electron chi connectivity index (χ0n) is 12.3. The minimum absolute atomic E-state index is 0.00781. The molecule has 9 heteroatoms. The first kappa shape index (κ1) is 17.5. The van der Waals surface area contributed by atoms with E-state index in [0.29, 0.717) is 10.9 Å². The van der Waals surface area contributed by atoms with Gasteiger partial charge in [0.15, 0.2) is 5.69 Å². The summed E-state index contributed by atoms with van der Waals surface area (Å²) >= 11 is 17.6. The average molecular weight is 401 g/mol. The van der Waals surface area contributed by atoms with E-state index in [4.69, 9.17) is 44.0 Å². The first-order valence-corrected chi connectivity index (χ1v) is 7.92. The van der Waals surface area contributed by atoms with Crippen LogP contribution < -0.4 is 5.63 Å². The Labute approximate surface area is 155 Å². The molecule has 0 radical (unpaired) electrons. The first-order valence-electron chi connectivity index (χ1n) is 6.79. The number of phenols is 1. The second-order valence-electron chi connectivity index (χ2n) is 4.93. The summed E-state index contributed by atoms with van der Waals surface area (Å²) in [6.45, 7) is -0.232. The van der Waals surface area contributed by atoms with Gasteiger partial charge in [-0.1, -0.05) is 34.8 Å². The van der Waals surface area contributed by atoms with E-state index in [-0.39, 0.29) is 38.7 Å². The largest absolute Gasteiger partial charge is 0.508 e. The van der Waals surface area contributed by atoms with Crippen LogP contribution in [0.15, 0.2) is 39.7 Å². The van der Waals surface area contributed by atoms with E-state index in [1.807, 2.05) is 0 Å². The third kappa shape index (κ3) is 3.56. The lowest BCUT2D eigenvalue weighted by Crippen LogP contribution is -2.10. The molecule has 2 heterocycles. The molecule has 0 spiro atoms. The molecular formula is C16H8Cl3NO5. The summed E-state index contributed by atoms with van der Waals surface area (Å²) in [5.74, 6) is -0.889. The van der Waals surface area contributed by atoms with E-state index in [1.54, 1.807) is 6.07 Å². The van der Waals surface area contributed by atoms with Gasteiger partial charge in [0.1, 0.15) is 17.9 Å². The Morgan fingerprint density at radius 1 is 1.20 bits per heavy atom. The summed E-state index contributed by atoms with van der Waals surface area (Å²) in [5, 5.41) is 9.95. The van der Waals surface area contributed by atoms with Crippen LogP contribution in [0.4, 0.5) is 0 Å². The second kappa shape index (κ2) is 6.92. The minimum atomic E-state index is -0.830. The molecule has 0 fully saturated rings. The molecule has 1 N–H and O–H groups in total. The van der Waals surface area contributed by atoms with Crippen molar-refractivity contribution in [3.63, 3.8) is 0 Å². The lowest BCUT2D eigenvalue weighted by Gasteiger charge is -2.09. The topological polar surface area (TPSA) is 89.6 Å². The van der Waals surface area contributed by atoms with Crippen LogP contribution in [0.3, 0.4) is 0 Å². The third-order valence-electron chi connectivity index (χ3n) is 3.28. The van der Waals surface area contributed by atoms with Crippen molar-refractivity contribution in [2.24, 2.45) is 0 Å². The number of fused-ring (bicyclic) bond motifs is 1. The lowest BCUT2D eigenvalue weighted by atomic mass is 10.1. The Bertz CT molecular complexity index is 1050. The van der Waals surface area contributed by atoms with Crippen LogP contribution in [0.5, 0.6) is 5.75 Å². The van der Waals surface area contributed by atoms with Crippen molar-refractivity contribution in [2.45, 2.75) is 6.61 Å². The van der Waals surface area contributed by atoms with Crippen molar-refractivity contribution in [1.82, 2.24) is 4.98 Å². The number of rotatable bonds is 3. The van der Waals surface area contributed by atoms with Gasteiger partial charge in [0.2, 0.25) is 0 Å². The van der Waals surface area contributed by atoms with E-state index in [2.05, 4.69) is 4.98 Å². The molecule has 0 saturated carbocycles. The van der Waals surface area contributed by atoms with E-state index < -0.39 is 11.6 Å². The highest BCUT2D eigenvalue weighted by Gasteiger charge is 2.19. The molecule has 1 aromatic carbocycles. The Balaban J connectivity index is 1.89. The highest BCUT2D eigenvalue weighted by Crippen LogP contribution is 2.31. The van der Waals surface area contributed by atoms with Crippen LogP contribution in [0.1, 0.15) is 16.1 Å². The van der Waals surface area contributed by atoms with Crippen LogP contribution in [0.2, 0.25) is 15.1 Å². The smallest absolute Gasteiger partial charge is 0.358 e. The Kier molecular flexibility index (Phi) is 4.85. The number of ether oxygens (including phenoxy) is 1. The molecule has 6 nitrogen and oxygen atoms in total. The fourth-order valence-electron chi connectivity index (χ4n) is 2.14. The van der Waals surface area contributed by atoms with Crippen molar-refractivity contribution in [3.8, 4) is 5.75 Å². The molecule has 2 aromatic heterocycles. The Morgan fingerprint density at radius 3 is 2.72 bits per heavy atom. The number of pyridine rings is 1. The Morgan fingerprint density at radius 2 is 1.96 bits per heavy atom. The predicted octanol–water partition coefficient (Wildman–Crippen LogP) is 4.21. The molecule has 0 aliphatic heterocycles. The average Bonchev–Trinajstić information content (AvgIpc) is 2.56. The molecule has 0 atom stereocenters. The number of hydrogen-bond acceptors (Lipinski definition) is 6. The molecule has 0 aliphatic carbocycles. The summed E-state index contributed by atoms with van der Waals surface area (Å²) in [7, 11) is 0. The number of carbonyl (C=O) groups is 1. The third-order valence-corrected chi connectivity index (χ3v) is 4.52. The zero-order valence-corrected chi connectivity index (χ0v) is 14.5. The predicted molar refractivity (Wildman–Crippen MR) is 92.5 cm³/mol. The summed E-state index contributed by atoms with van der Waals surface area (Å²) in [5.41, 5.74) is -0.268. The van der Waals surface area contributed by atoms with Crippen LogP contribution in [-0.4, -0.2) is 16.1 Å². The van der Waals surface area contributed by atoms with Gasteiger partial charge in [0.05, 0.1) is 15.1 Å². The van der Waals surface area contributed by atoms with Gasteiger partial charge in [-0.2, -0.15) is 0 Å². The molecule has 25 heavy (non-hydrogen) atoms. The monoisotopic (exact) mass is 399 g/mol.